The van der Waals surface area contributed by atoms with Crippen molar-refractivity contribution in [1.82, 2.24) is 0 Å². The molecular formula is C12H14F6O5S3. The first-order valence-corrected chi connectivity index (χ1v) is 10.7. The molecule has 0 bridgehead atoms. The molecule has 2 rings (SSSR count). The van der Waals surface area contributed by atoms with Gasteiger partial charge in [-0.2, -0.15) is 34.8 Å². The van der Waals surface area contributed by atoms with Gasteiger partial charge in [0.1, 0.15) is 6.10 Å². The van der Waals surface area contributed by atoms with Crippen LogP contribution in [0.5, 0.6) is 0 Å². The summed E-state index contributed by atoms with van der Waals surface area (Å²) < 4.78 is 108. The quantitative estimate of drug-likeness (QED) is 0.403. The van der Waals surface area contributed by atoms with Crippen molar-refractivity contribution in [1.29, 1.82) is 0 Å². The van der Waals surface area contributed by atoms with E-state index in [1.165, 1.54) is 23.5 Å². The highest BCUT2D eigenvalue weighted by atomic mass is 32.2. The molecule has 0 aromatic heterocycles. The van der Waals surface area contributed by atoms with E-state index in [2.05, 4.69) is 4.74 Å². The van der Waals surface area contributed by atoms with E-state index in [0.29, 0.717) is 30.8 Å². The summed E-state index contributed by atoms with van der Waals surface area (Å²) in [5.74, 6) is -1.93. The van der Waals surface area contributed by atoms with Crippen LogP contribution in [0.2, 0.25) is 0 Å². The van der Waals surface area contributed by atoms with E-state index in [9.17, 15) is 39.6 Å². The van der Waals surface area contributed by atoms with Crippen LogP contribution < -0.4 is 0 Å². The van der Waals surface area contributed by atoms with E-state index >= 15 is 0 Å². The zero-order valence-electron chi connectivity index (χ0n) is 12.9. The largest absolute Gasteiger partial charge is 0.458 e. The minimum atomic E-state index is -6.97. The van der Waals surface area contributed by atoms with Gasteiger partial charge in [0.05, 0.1) is 4.08 Å². The van der Waals surface area contributed by atoms with Gasteiger partial charge in [-0.3, -0.25) is 4.55 Å². The molecule has 1 N–H and O–H groups in total. The number of rotatable bonds is 3. The number of esters is 1. The summed E-state index contributed by atoms with van der Waals surface area (Å²) in [4.78, 5) is 12.0. The smallest absolute Gasteiger partial charge is 0.430 e. The summed E-state index contributed by atoms with van der Waals surface area (Å²) in [5.41, 5.74) is 0. The molecule has 1 aliphatic carbocycles. The first-order valence-electron chi connectivity index (χ1n) is 7.28. The lowest BCUT2D eigenvalue weighted by Gasteiger charge is -2.41. The molecule has 0 aromatic rings. The van der Waals surface area contributed by atoms with Gasteiger partial charge in [-0.05, 0) is 19.3 Å². The predicted octanol–water partition coefficient (Wildman–Crippen LogP) is 3.40. The molecule has 2 fully saturated rings. The number of halogens is 6. The van der Waals surface area contributed by atoms with Crippen LogP contribution in [-0.2, 0) is 19.6 Å². The Morgan fingerprint density at radius 2 is 1.54 bits per heavy atom. The van der Waals surface area contributed by atoms with Gasteiger partial charge in [0.15, 0.2) is 0 Å². The Morgan fingerprint density at radius 3 is 1.96 bits per heavy atom. The molecule has 2 aliphatic rings. The summed E-state index contributed by atoms with van der Waals surface area (Å²) in [5, 5.41) is 0. The molecule has 152 valence electrons. The topological polar surface area (TPSA) is 80.7 Å². The van der Waals surface area contributed by atoms with E-state index < -0.39 is 43.4 Å². The zero-order valence-corrected chi connectivity index (χ0v) is 15.3. The summed E-state index contributed by atoms with van der Waals surface area (Å²) in [7, 11) is -6.97. The van der Waals surface area contributed by atoms with Gasteiger partial charge < -0.3 is 4.74 Å². The molecule has 1 saturated carbocycles. The standard InChI is InChI=1S/C12H14F6O5S3/c13-11(14,15)10(12(16,17)18,26(20,21)22)8(19)23-7-3-1-2-4-9(7)24-5-6-25-9/h7H,1-6H2,(H,20,21,22). The van der Waals surface area contributed by atoms with Crippen molar-refractivity contribution < 1.29 is 48.8 Å². The van der Waals surface area contributed by atoms with Gasteiger partial charge in [0, 0.05) is 11.5 Å². The maximum Gasteiger partial charge on any atom is 0.430 e. The molecule has 26 heavy (non-hydrogen) atoms. The highest BCUT2D eigenvalue weighted by Crippen LogP contribution is 2.55. The fourth-order valence-corrected chi connectivity index (χ4v) is 7.35. The second-order valence-corrected chi connectivity index (χ2v) is 10.5. The highest BCUT2D eigenvalue weighted by Gasteiger charge is 2.85. The fourth-order valence-electron chi connectivity index (χ4n) is 3.03. The molecule has 0 amide bonds. The van der Waals surface area contributed by atoms with Gasteiger partial charge in [-0.15, -0.1) is 23.5 Å². The lowest BCUT2D eigenvalue weighted by molar-refractivity contribution is -0.270. The number of ether oxygens (including phenoxy) is 1. The lowest BCUT2D eigenvalue weighted by atomic mass is 9.96. The van der Waals surface area contributed by atoms with E-state index in [1.54, 1.807) is 0 Å². The van der Waals surface area contributed by atoms with Crippen LogP contribution in [0.4, 0.5) is 26.3 Å². The molecule has 1 unspecified atom stereocenters. The maximum atomic E-state index is 13.2. The van der Waals surface area contributed by atoms with Gasteiger partial charge in [-0.25, -0.2) is 4.79 Å². The maximum absolute atomic E-state index is 13.2. The van der Waals surface area contributed by atoms with Crippen LogP contribution in [0.1, 0.15) is 25.7 Å². The average Bonchev–Trinajstić information content (AvgIpc) is 2.86. The molecule has 0 aromatic carbocycles. The molecule has 1 spiro atoms. The molecule has 1 saturated heterocycles. The third-order valence-corrected chi connectivity index (χ3v) is 9.33. The molecule has 1 heterocycles. The minimum absolute atomic E-state index is 0.00299. The first-order chi connectivity index (χ1) is 11.7. The Kier molecular flexibility index (Phi) is 5.84. The predicted molar refractivity (Wildman–Crippen MR) is 82.4 cm³/mol. The van der Waals surface area contributed by atoms with Gasteiger partial charge in [-0.1, -0.05) is 6.42 Å². The molecule has 14 heteroatoms. The van der Waals surface area contributed by atoms with E-state index in [0.717, 1.165) is 0 Å². The Hall–Kier alpha value is -0.340. The summed E-state index contributed by atoms with van der Waals surface area (Å²) in [6, 6.07) is 0. The van der Waals surface area contributed by atoms with Crippen LogP contribution in [0.25, 0.3) is 0 Å². The molecule has 1 atom stereocenters. The Morgan fingerprint density at radius 1 is 1.04 bits per heavy atom. The van der Waals surface area contributed by atoms with Crippen molar-refractivity contribution >= 4 is 39.6 Å². The van der Waals surface area contributed by atoms with Crippen LogP contribution in [0.15, 0.2) is 0 Å². The van der Waals surface area contributed by atoms with Crippen molar-refractivity contribution in [2.75, 3.05) is 11.5 Å². The Labute approximate surface area is 153 Å². The highest BCUT2D eigenvalue weighted by molar-refractivity contribution is 8.21. The van der Waals surface area contributed by atoms with Crippen molar-refractivity contribution in [2.24, 2.45) is 0 Å². The number of hydrogen-bond acceptors (Lipinski definition) is 6. The molecular weight excluding hydrogens is 434 g/mol. The van der Waals surface area contributed by atoms with E-state index in [1.807, 2.05) is 0 Å². The van der Waals surface area contributed by atoms with Crippen LogP contribution >= 0.6 is 23.5 Å². The Bertz CT molecular complexity index is 639. The molecule has 1 aliphatic heterocycles. The number of carbonyl (C=O) groups excluding carboxylic acids is 1. The van der Waals surface area contributed by atoms with Gasteiger partial charge in [0.25, 0.3) is 0 Å². The number of carbonyl (C=O) groups is 1. The third kappa shape index (κ3) is 3.41. The van der Waals surface area contributed by atoms with Crippen molar-refractivity contribution in [2.45, 2.75) is 53.0 Å². The van der Waals surface area contributed by atoms with Crippen molar-refractivity contribution in [3.8, 4) is 0 Å². The van der Waals surface area contributed by atoms with E-state index in [-0.39, 0.29) is 6.42 Å². The third-order valence-electron chi connectivity index (χ3n) is 4.23. The number of hydrogen-bond donors (Lipinski definition) is 1. The van der Waals surface area contributed by atoms with E-state index in [4.69, 9.17) is 4.55 Å². The normalized spacial score (nSPS) is 24.7. The minimum Gasteiger partial charge on any atom is -0.458 e. The number of thioether (sulfide) groups is 2. The summed E-state index contributed by atoms with van der Waals surface area (Å²) >= 11 is 2.52. The van der Waals surface area contributed by atoms with Crippen LogP contribution in [0.3, 0.4) is 0 Å². The average molecular weight is 448 g/mol. The van der Waals surface area contributed by atoms with Crippen LogP contribution in [0, 0.1) is 0 Å². The van der Waals surface area contributed by atoms with Crippen LogP contribution in [-0.4, -0.2) is 57.7 Å². The first kappa shape index (κ1) is 22.0. The number of alkyl halides is 6. The van der Waals surface area contributed by atoms with Crippen molar-refractivity contribution in [3.05, 3.63) is 0 Å². The second kappa shape index (κ2) is 6.92. The summed E-state index contributed by atoms with van der Waals surface area (Å²) in [6.07, 6.45) is -13.2. The Balaban J connectivity index is 2.48. The molecule has 0 radical (unpaired) electrons. The fraction of sp³-hybridized carbons (Fsp3) is 0.917. The molecule has 5 nitrogen and oxygen atoms in total. The zero-order chi connectivity index (χ0) is 20.0. The monoisotopic (exact) mass is 448 g/mol. The van der Waals surface area contributed by atoms with Gasteiger partial charge >= 0.3 is 33.2 Å². The second-order valence-electron chi connectivity index (χ2n) is 5.80. The summed E-state index contributed by atoms with van der Waals surface area (Å²) in [6.45, 7) is 0. The SMILES string of the molecule is O=C(OC1CCCCC12SCCS2)C(C(F)(F)F)(C(F)(F)F)S(=O)(=O)O. The lowest BCUT2D eigenvalue weighted by Crippen LogP contribution is -2.68. The van der Waals surface area contributed by atoms with Gasteiger partial charge in [0.2, 0.25) is 0 Å². The van der Waals surface area contributed by atoms with Crippen molar-refractivity contribution in [3.63, 3.8) is 0 Å².